The first-order chi connectivity index (χ1) is 5.24. The van der Waals surface area contributed by atoms with Gasteiger partial charge in [-0.3, -0.25) is 0 Å². The third kappa shape index (κ3) is 2.39. The third-order valence-corrected chi connectivity index (χ3v) is 2.08. The van der Waals surface area contributed by atoms with Gasteiger partial charge in [0.1, 0.15) is 0 Å². The van der Waals surface area contributed by atoms with Crippen LogP contribution in [0.1, 0.15) is 5.56 Å². The Labute approximate surface area is 77.1 Å². The van der Waals surface area contributed by atoms with Gasteiger partial charge in [0.05, 0.1) is 10.0 Å². The van der Waals surface area contributed by atoms with Crippen molar-refractivity contribution in [3.05, 3.63) is 47.2 Å². The van der Waals surface area contributed by atoms with Crippen LogP contribution in [0.4, 0.5) is 0 Å². The lowest BCUT2D eigenvalue weighted by atomic mass is 10.1. The van der Waals surface area contributed by atoms with E-state index in [2.05, 4.69) is 0 Å². The van der Waals surface area contributed by atoms with E-state index in [4.69, 9.17) is 30.1 Å². The zero-order valence-corrected chi connectivity index (χ0v) is 7.36. The van der Waals surface area contributed by atoms with Crippen LogP contribution in [0, 0.1) is 13.3 Å². The standard InChI is InChI=1S/C9H7Cl2/c1-2-3-7-4-5-8(10)9(11)6-7/h1-2,4-6H,3H2. The molecule has 11 heavy (non-hydrogen) atoms. The summed E-state index contributed by atoms with van der Waals surface area (Å²) in [5, 5.41) is 1.15. The Kier molecular flexibility index (Phi) is 3.22. The molecule has 3 radical (unpaired) electrons. The van der Waals surface area contributed by atoms with E-state index in [-0.39, 0.29) is 0 Å². The second kappa shape index (κ2) is 3.99. The van der Waals surface area contributed by atoms with E-state index in [1.807, 2.05) is 12.1 Å². The van der Waals surface area contributed by atoms with E-state index in [0.717, 1.165) is 12.0 Å². The van der Waals surface area contributed by atoms with Crippen molar-refractivity contribution < 1.29 is 0 Å². The van der Waals surface area contributed by atoms with Gasteiger partial charge < -0.3 is 0 Å². The first-order valence-corrected chi connectivity index (χ1v) is 3.97. The fourth-order valence-corrected chi connectivity index (χ4v) is 1.12. The van der Waals surface area contributed by atoms with Gasteiger partial charge in [-0.15, -0.1) is 0 Å². The summed E-state index contributed by atoms with van der Waals surface area (Å²) >= 11 is 11.5. The van der Waals surface area contributed by atoms with E-state index in [9.17, 15) is 0 Å². The minimum Gasteiger partial charge on any atom is -0.0827 e. The minimum absolute atomic E-state index is 0.575. The molecule has 0 aliphatic carbocycles. The maximum Gasteiger partial charge on any atom is 0.0595 e. The Morgan fingerprint density at radius 1 is 1.27 bits per heavy atom. The van der Waals surface area contributed by atoms with Crippen LogP contribution in [0.25, 0.3) is 0 Å². The van der Waals surface area contributed by atoms with Gasteiger partial charge in [0.2, 0.25) is 0 Å². The van der Waals surface area contributed by atoms with E-state index in [0.29, 0.717) is 10.0 Å². The van der Waals surface area contributed by atoms with Gasteiger partial charge in [0, 0.05) is 0 Å². The Morgan fingerprint density at radius 3 is 2.55 bits per heavy atom. The molecule has 0 saturated carbocycles. The highest BCUT2D eigenvalue weighted by Crippen LogP contribution is 2.22. The fourth-order valence-electron chi connectivity index (χ4n) is 0.803. The molecule has 1 rings (SSSR count). The Hall–Kier alpha value is -0.200. The molecule has 57 valence electrons. The molecule has 0 nitrogen and oxygen atoms in total. The molecular formula is C9H7Cl2. The van der Waals surface area contributed by atoms with Crippen LogP contribution in [0.2, 0.25) is 10.0 Å². The molecule has 1 aromatic carbocycles. The molecule has 1 aromatic rings. The molecule has 0 atom stereocenters. The van der Waals surface area contributed by atoms with Gasteiger partial charge in [-0.1, -0.05) is 29.3 Å². The topological polar surface area (TPSA) is 0 Å². The normalized spacial score (nSPS) is 10.1. The average Bonchev–Trinajstić information content (AvgIpc) is 1.98. The molecule has 0 spiro atoms. The zero-order chi connectivity index (χ0) is 8.27. The molecule has 0 aliphatic heterocycles. The Morgan fingerprint density at radius 2 is 2.00 bits per heavy atom. The van der Waals surface area contributed by atoms with E-state index in [1.54, 1.807) is 12.5 Å². The lowest BCUT2D eigenvalue weighted by molar-refractivity contribution is 1.20. The van der Waals surface area contributed by atoms with E-state index in [1.165, 1.54) is 0 Å². The van der Waals surface area contributed by atoms with Gasteiger partial charge in [0.25, 0.3) is 0 Å². The molecule has 0 aliphatic rings. The highest BCUT2D eigenvalue weighted by molar-refractivity contribution is 6.42. The predicted molar refractivity (Wildman–Crippen MR) is 48.8 cm³/mol. The number of hydrogen-bond donors (Lipinski definition) is 0. The van der Waals surface area contributed by atoms with E-state index >= 15 is 0 Å². The van der Waals surface area contributed by atoms with Gasteiger partial charge in [-0.05, 0) is 37.5 Å². The third-order valence-electron chi connectivity index (χ3n) is 1.34. The van der Waals surface area contributed by atoms with Crippen molar-refractivity contribution in [2.45, 2.75) is 6.42 Å². The SMILES string of the molecule is [CH][CH]Cc1ccc(Cl)c(Cl)c1. The molecule has 0 saturated heterocycles. The predicted octanol–water partition coefficient (Wildman–Crippen LogP) is 3.45. The van der Waals surface area contributed by atoms with Crippen LogP contribution in [0.15, 0.2) is 18.2 Å². The van der Waals surface area contributed by atoms with Crippen LogP contribution in [0.3, 0.4) is 0 Å². The second-order valence-electron chi connectivity index (χ2n) is 2.19. The van der Waals surface area contributed by atoms with Crippen molar-refractivity contribution in [3.8, 4) is 0 Å². The molecule has 0 aromatic heterocycles. The number of rotatable bonds is 2. The summed E-state index contributed by atoms with van der Waals surface area (Å²) < 4.78 is 0. The molecule has 0 heterocycles. The maximum atomic E-state index is 5.76. The van der Waals surface area contributed by atoms with Crippen molar-refractivity contribution in [2.24, 2.45) is 0 Å². The summed E-state index contributed by atoms with van der Waals surface area (Å²) in [5.74, 6) is 0. The quantitative estimate of drug-likeness (QED) is 0.663. The molecule has 0 bridgehead atoms. The summed E-state index contributed by atoms with van der Waals surface area (Å²) in [6.07, 6.45) is 2.30. The first-order valence-electron chi connectivity index (χ1n) is 3.21. The summed E-state index contributed by atoms with van der Waals surface area (Å²) in [6, 6.07) is 5.48. The minimum atomic E-state index is 0.575. The summed E-state index contributed by atoms with van der Waals surface area (Å²) in [6.45, 7) is 5.25. The number of benzene rings is 1. The number of hydrogen-bond acceptors (Lipinski definition) is 0. The summed E-state index contributed by atoms with van der Waals surface area (Å²) in [4.78, 5) is 0. The van der Waals surface area contributed by atoms with Gasteiger partial charge in [-0.2, -0.15) is 0 Å². The molecule has 0 N–H and O–H groups in total. The highest BCUT2D eigenvalue weighted by atomic mass is 35.5. The van der Waals surface area contributed by atoms with Crippen LogP contribution in [0.5, 0.6) is 0 Å². The van der Waals surface area contributed by atoms with Crippen molar-refractivity contribution >= 4 is 23.2 Å². The lowest BCUT2D eigenvalue weighted by Crippen LogP contribution is -1.82. The molecule has 0 unspecified atom stereocenters. The lowest BCUT2D eigenvalue weighted by Gasteiger charge is -1.99. The summed E-state index contributed by atoms with van der Waals surface area (Å²) in [7, 11) is 0. The van der Waals surface area contributed by atoms with Crippen LogP contribution in [-0.2, 0) is 6.42 Å². The van der Waals surface area contributed by atoms with Crippen LogP contribution < -0.4 is 0 Å². The Bertz CT molecular complexity index is 243. The zero-order valence-electron chi connectivity index (χ0n) is 5.85. The Balaban J connectivity index is 2.86. The second-order valence-corrected chi connectivity index (χ2v) is 3.00. The molecule has 0 amide bonds. The average molecular weight is 186 g/mol. The van der Waals surface area contributed by atoms with Crippen molar-refractivity contribution in [1.82, 2.24) is 0 Å². The van der Waals surface area contributed by atoms with Gasteiger partial charge in [0.15, 0.2) is 0 Å². The van der Waals surface area contributed by atoms with Crippen molar-refractivity contribution in [2.75, 3.05) is 0 Å². The molecule has 2 heteroatoms. The largest absolute Gasteiger partial charge is 0.0827 e. The highest BCUT2D eigenvalue weighted by Gasteiger charge is 1.97. The monoisotopic (exact) mass is 185 g/mol. The van der Waals surface area contributed by atoms with Crippen molar-refractivity contribution in [3.63, 3.8) is 0 Å². The van der Waals surface area contributed by atoms with Crippen molar-refractivity contribution in [1.29, 1.82) is 0 Å². The number of halogens is 2. The van der Waals surface area contributed by atoms with Crippen LogP contribution in [-0.4, -0.2) is 0 Å². The van der Waals surface area contributed by atoms with E-state index < -0.39 is 0 Å². The van der Waals surface area contributed by atoms with Gasteiger partial charge in [-0.25, -0.2) is 0 Å². The molecular weight excluding hydrogens is 179 g/mol. The van der Waals surface area contributed by atoms with Crippen LogP contribution >= 0.6 is 23.2 Å². The fraction of sp³-hybridized carbons (Fsp3) is 0.111. The van der Waals surface area contributed by atoms with Gasteiger partial charge >= 0.3 is 0 Å². The summed E-state index contributed by atoms with van der Waals surface area (Å²) in [5.41, 5.74) is 1.07. The first kappa shape index (κ1) is 8.89. The smallest absolute Gasteiger partial charge is 0.0595 e. The maximum absolute atomic E-state index is 5.76. The molecule has 0 fully saturated rings.